The van der Waals surface area contributed by atoms with Gasteiger partial charge in [0.1, 0.15) is 5.01 Å². The molecule has 0 bridgehead atoms. The van der Waals surface area contributed by atoms with Crippen molar-refractivity contribution in [3.8, 4) is 0 Å². The van der Waals surface area contributed by atoms with Crippen molar-refractivity contribution in [1.82, 2.24) is 9.78 Å². The predicted molar refractivity (Wildman–Crippen MR) is 37.2 cm³/mol. The van der Waals surface area contributed by atoms with E-state index in [1.54, 1.807) is 7.05 Å². The van der Waals surface area contributed by atoms with Gasteiger partial charge in [-0.1, -0.05) is 16.4 Å². The van der Waals surface area contributed by atoms with Crippen molar-refractivity contribution in [2.24, 2.45) is 17.4 Å². The molecule has 0 saturated carbocycles. The van der Waals surface area contributed by atoms with Gasteiger partial charge in [-0.15, -0.1) is 4.91 Å². The minimum atomic E-state index is 0.521. The fourth-order valence-electron chi connectivity index (χ4n) is 0.593. The third-order valence-electron chi connectivity index (χ3n) is 0.933. The van der Waals surface area contributed by atoms with Crippen molar-refractivity contribution < 1.29 is 0 Å². The molecule has 5 nitrogen and oxygen atoms in total. The third-order valence-corrected chi connectivity index (χ3v) is 1.84. The molecule has 0 aromatic carbocycles. The third kappa shape index (κ3) is 1.27. The molecule has 0 unspecified atom stereocenters. The topological polar surface area (TPSA) is 59.6 Å². The first-order chi connectivity index (χ1) is 4.74. The van der Waals surface area contributed by atoms with Gasteiger partial charge in [-0.25, -0.2) is 4.68 Å². The maximum Gasteiger partial charge on any atom is 0.231 e. The summed E-state index contributed by atoms with van der Waals surface area (Å²) in [5.41, 5.74) is 0. The summed E-state index contributed by atoms with van der Waals surface area (Å²) in [5.74, 6) is 0. The Hall–Kier alpha value is -1.04. The molecule has 0 spiro atoms. The normalized spacial score (nSPS) is 12.0. The summed E-state index contributed by atoms with van der Waals surface area (Å²) >= 11 is 1.33. The van der Waals surface area contributed by atoms with Gasteiger partial charge in [0.2, 0.25) is 4.80 Å². The van der Waals surface area contributed by atoms with Gasteiger partial charge in [0, 0.05) is 7.05 Å². The fraction of sp³-hybridized carbons (Fsp3) is 0.500. The lowest BCUT2D eigenvalue weighted by Crippen LogP contribution is -2.10. The van der Waals surface area contributed by atoms with Crippen LogP contribution in [0.25, 0.3) is 0 Å². The lowest BCUT2D eigenvalue weighted by atomic mass is 10.9. The summed E-state index contributed by atoms with van der Waals surface area (Å²) in [5, 5.41) is 10.6. The van der Waals surface area contributed by atoms with Crippen molar-refractivity contribution in [3.05, 3.63) is 14.7 Å². The van der Waals surface area contributed by atoms with Crippen LogP contribution in [-0.2, 0) is 7.05 Å². The molecule has 0 saturated heterocycles. The Bertz CT molecular complexity index is 298. The molecule has 0 atom stereocenters. The Labute approximate surface area is 61.0 Å². The molecule has 0 aliphatic rings. The van der Waals surface area contributed by atoms with E-state index in [0.717, 1.165) is 5.01 Å². The molecule has 0 aliphatic heterocycles. The number of hydrogen-bond acceptors (Lipinski definition) is 4. The first kappa shape index (κ1) is 7.07. The summed E-state index contributed by atoms with van der Waals surface area (Å²) in [6.07, 6.45) is 0. The molecule has 0 radical (unpaired) electrons. The van der Waals surface area contributed by atoms with Crippen LogP contribution in [0, 0.1) is 11.8 Å². The van der Waals surface area contributed by atoms with Crippen molar-refractivity contribution >= 4 is 11.3 Å². The van der Waals surface area contributed by atoms with Gasteiger partial charge in [0.25, 0.3) is 0 Å². The van der Waals surface area contributed by atoms with E-state index >= 15 is 0 Å². The molecule has 54 valence electrons. The fourth-order valence-corrected chi connectivity index (χ4v) is 1.27. The van der Waals surface area contributed by atoms with E-state index in [2.05, 4.69) is 15.5 Å². The van der Waals surface area contributed by atoms with E-state index in [-0.39, 0.29) is 0 Å². The van der Waals surface area contributed by atoms with Crippen LogP contribution in [0.2, 0.25) is 0 Å². The monoisotopic (exact) mass is 158 g/mol. The van der Waals surface area contributed by atoms with E-state index in [1.807, 2.05) is 6.92 Å². The van der Waals surface area contributed by atoms with E-state index in [1.165, 1.54) is 16.0 Å². The maximum atomic E-state index is 9.68. The highest BCUT2D eigenvalue weighted by molar-refractivity contribution is 7.08. The number of aryl methyl sites for hydroxylation is 2. The minimum Gasteiger partial charge on any atom is -0.240 e. The highest BCUT2D eigenvalue weighted by atomic mass is 32.1. The van der Waals surface area contributed by atoms with Gasteiger partial charge in [0.15, 0.2) is 0 Å². The summed E-state index contributed by atoms with van der Waals surface area (Å²) in [7, 11) is 1.72. The van der Waals surface area contributed by atoms with Gasteiger partial charge >= 0.3 is 0 Å². The SMILES string of the molecule is Cc1nn(C)/c(=N\N=O)s1. The molecule has 6 heteroatoms. The van der Waals surface area contributed by atoms with Gasteiger partial charge in [-0.3, -0.25) is 0 Å². The van der Waals surface area contributed by atoms with Gasteiger partial charge in [0.05, 0.1) is 5.29 Å². The van der Waals surface area contributed by atoms with Crippen molar-refractivity contribution in [1.29, 1.82) is 0 Å². The quantitative estimate of drug-likeness (QED) is 0.438. The van der Waals surface area contributed by atoms with Crippen molar-refractivity contribution in [2.75, 3.05) is 0 Å². The molecule has 1 rings (SSSR count). The summed E-state index contributed by atoms with van der Waals surface area (Å²) < 4.78 is 1.52. The Balaban J connectivity index is 3.27. The number of rotatable bonds is 1. The van der Waals surface area contributed by atoms with E-state index in [0.29, 0.717) is 4.80 Å². The molecule has 10 heavy (non-hydrogen) atoms. The average molecular weight is 158 g/mol. The summed E-state index contributed by atoms with van der Waals surface area (Å²) in [6, 6.07) is 0. The predicted octanol–water partition coefficient (Wildman–Crippen LogP) is 0.372. The zero-order valence-corrected chi connectivity index (χ0v) is 6.42. The largest absolute Gasteiger partial charge is 0.240 e. The number of aromatic nitrogens is 2. The van der Waals surface area contributed by atoms with E-state index < -0.39 is 0 Å². The van der Waals surface area contributed by atoms with Crippen molar-refractivity contribution in [2.45, 2.75) is 6.92 Å². The van der Waals surface area contributed by atoms with Gasteiger partial charge < -0.3 is 0 Å². The lowest BCUT2D eigenvalue weighted by Gasteiger charge is -1.80. The smallest absolute Gasteiger partial charge is 0.231 e. The Kier molecular flexibility index (Phi) is 1.91. The zero-order chi connectivity index (χ0) is 7.56. The Morgan fingerprint density at radius 3 is 2.80 bits per heavy atom. The molecule has 0 aliphatic carbocycles. The molecule has 1 aromatic rings. The van der Waals surface area contributed by atoms with Crippen LogP contribution in [0.1, 0.15) is 5.01 Å². The van der Waals surface area contributed by atoms with Gasteiger partial charge in [-0.2, -0.15) is 5.10 Å². The first-order valence-corrected chi connectivity index (χ1v) is 3.43. The number of hydrogen-bond donors (Lipinski definition) is 0. The number of nitroso groups, excluding NO2 is 1. The van der Waals surface area contributed by atoms with Crippen LogP contribution in [0.4, 0.5) is 0 Å². The Morgan fingerprint density at radius 1 is 1.70 bits per heavy atom. The maximum absolute atomic E-state index is 9.68. The highest BCUT2D eigenvalue weighted by Gasteiger charge is 1.93. The summed E-state index contributed by atoms with van der Waals surface area (Å²) in [4.78, 5) is 10.2. The Morgan fingerprint density at radius 2 is 2.40 bits per heavy atom. The molecular weight excluding hydrogens is 152 g/mol. The lowest BCUT2D eigenvalue weighted by molar-refractivity contribution is 0.711. The van der Waals surface area contributed by atoms with Crippen LogP contribution >= 0.6 is 11.3 Å². The molecule has 0 fully saturated rings. The minimum absolute atomic E-state index is 0.521. The van der Waals surface area contributed by atoms with Gasteiger partial charge in [-0.05, 0) is 6.92 Å². The van der Waals surface area contributed by atoms with E-state index in [4.69, 9.17) is 0 Å². The van der Waals surface area contributed by atoms with Crippen LogP contribution in [0.5, 0.6) is 0 Å². The first-order valence-electron chi connectivity index (χ1n) is 2.61. The molecular formula is C4H6N4OS. The molecule has 0 amide bonds. The van der Waals surface area contributed by atoms with Crippen LogP contribution < -0.4 is 4.80 Å². The average Bonchev–Trinajstić information content (AvgIpc) is 2.13. The van der Waals surface area contributed by atoms with Crippen LogP contribution in [0.3, 0.4) is 0 Å². The summed E-state index contributed by atoms with van der Waals surface area (Å²) in [6.45, 7) is 1.84. The highest BCUT2D eigenvalue weighted by Crippen LogP contribution is 1.92. The second-order valence-corrected chi connectivity index (χ2v) is 2.87. The second-order valence-electron chi connectivity index (χ2n) is 1.71. The zero-order valence-electron chi connectivity index (χ0n) is 5.61. The van der Waals surface area contributed by atoms with Crippen molar-refractivity contribution in [3.63, 3.8) is 0 Å². The second kappa shape index (κ2) is 2.70. The molecule has 1 aromatic heterocycles. The van der Waals surface area contributed by atoms with Crippen LogP contribution in [0.15, 0.2) is 10.4 Å². The molecule has 0 N–H and O–H groups in total. The molecule has 1 heterocycles. The number of nitrogens with zero attached hydrogens (tertiary/aromatic N) is 4. The standard InChI is InChI=1S/C4H6N4OS/c1-3-6-8(2)4(10-3)5-7-9/h1-2H3/b5-4+. The van der Waals surface area contributed by atoms with E-state index in [9.17, 15) is 4.91 Å². The van der Waals surface area contributed by atoms with Crippen LogP contribution in [-0.4, -0.2) is 9.78 Å².